The fourth-order valence-corrected chi connectivity index (χ4v) is 4.67. The smallest absolute Gasteiger partial charge is 0.266 e. The maximum absolute atomic E-state index is 12.9. The van der Waals surface area contributed by atoms with Crippen LogP contribution in [0.3, 0.4) is 0 Å². The van der Waals surface area contributed by atoms with E-state index in [0.717, 1.165) is 48.1 Å². The van der Waals surface area contributed by atoms with E-state index in [2.05, 4.69) is 9.97 Å². The van der Waals surface area contributed by atoms with Crippen LogP contribution in [0, 0.1) is 0 Å². The Labute approximate surface area is 166 Å². The normalized spacial score (nSPS) is 14.6. The van der Waals surface area contributed by atoms with E-state index >= 15 is 0 Å². The number of anilines is 1. The maximum Gasteiger partial charge on any atom is 0.266 e. The van der Waals surface area contributed by atoms with Crippen LogP contribution in [0.2, 0.25) is 0 Å². The molecule has 140 valence electrons. The van der Waals surface area contributed by atoms with Crippen LogP contribution >= 0.6 is 11.3 Å². The van der Waals surface area contributed by atoms with Gasteiger partial charge in [-0.3, -0.25) is 9.78 Å². The van der Waals surface area contributed by atoms with Crippen LogP contribution in [-0.2, 0) is 0 Å². The summed E-state index contributed by atoms with van der Waals surface area (Å²) in [6.45, 7) is 1.59. The van der Waals surface area contributed by atoms with Gasteiger partial charge in [-0.2, -0.15) is 0 Å². The van der Waals surface area contributed by atoms with Crippen LogP contribution in [-0.4, -0.2) is 38.8 Å². The molecule has 0 saturated carbocycles. The third-order valence-corrected chi connectivity index (χ3v) is 6.25. The molecule has 1 aliphatic rings. The monoisotopic (exact) mass is 389 g/mol. The zero-order chi connectivity index (χ0) is 19.1. The average molecular weight is 389 g/mol. The Morgan fingerprint density at radius 3 is 2.82 bits per heavy atom. The van der Waals surface area contributed by atoms with Gasteiger partial charge in [0.2, 0.25) is 0 Å². The number of likely N-dealkylation sites (tertiary alicyclic amines) is 1. The number of thiophene rings is 1. The first-order valence-electron chi connectivity index (χ1n) is 9.40. The quantitative estimate of drug-likeness (QED) is 0.557. The SMILES string of the molecule is Nc1c(C(=O)N2CCCCC2)sc2nc(-c3ccc4cccnc4c3)cnc12. The number of nitrogen functional groups attached to an aromatic ring is 1. The van der Waals surface area contributed by atoms with Crippen molar-refractivity contribution in [1.29, 1.82) is 0 Å². The summed E-state index contributed by atoms with van der Waals surface area (Å²) in [5, 5.41) is 1.08. The Balaban J connectivity index is 1.54. The molecular weight excluding hydrogens is 370 g/mol. The Hall–Kier alpha value is -3.06. The number of pyridine rings is 1. The van der Waals surface area contributed by atoms with Crippen molar-refractivity contribution in [3.05, 3.63) is 47.6 Å². The van der Waals surface area contributed by atoms with Gasteiger partial charge in [0.25, 0.3) is 5.91 Å². The number of carbonyl (C=O) groups excluding carboxylic acids is 1. The number of hydrogen-bond donors (Lipinski definition) is 1. The lowest BCUT2D eigenvalue weighted by atomic mass is 10.1. The molecule has 1 aliphatic heterocycles. The van der Waals surface area contributed by atoms with Crippen molar-refractivity contribution in [2.24, 2.45) is 0 Å². The van der Waals surface area contributed by atoms with Crippen molar-refractivity contribution >= 4 is 44.2 Å². The highest BCUT2D eigenvalue weighted by atomic mass is 32.1. The minimum Gasteiger partial charge on any atom is -0.396 e. The van der Waals surface area contributed by atoms with Crippen molar-refractivity contribution in [3.8, 4) is 11.3 Å². The number of aromatic nitrogens is 3. The fraction of sp³-hybridized carbons (Fsp3) is 0.238. The highest BCUT2D eigenvalue weighted by Gasteiger charge is 2.24. The van der Waals surface area contributed by atoms with Crippen molar-refractivity contribution in [2.75, 3.05) is 18.8 Å². The standard InChI is InChI=1S/C21H19N5OS/c22-17-18-20(28-19(17)21(27)26-9-2-1-3-10-26)25-16(12-24-18)14-7-6-13-5-4-8-23-15(13)11-14/h4-8,11-12H,1-3,9-10,22H2. The molecule has 5 rings (SSSR count). The number of nitrogens with zero attached hydrogens (tertiary/aromatic N) is 4. The first-order valence-corrected chi connectivity index (χ1v) is 10.2. The third-order valence-electron chi connectivity index (χ3n) is 5.18. The van der Waals surface area contributed by atoms with E-state index in [9.17, 15) is 4.79 Å². The number of amides is 1. The molecule has 0 aliphatic carbocycles. The lowest BCUT2D eigenvalue weighted by Gasteiger charge is -2.26. The van der Waals surface area contributed by atoms with Gasteiger partial charge < -0.3 is 10.6 Å². The number of fused-ring (bicyclic) bond motifs is 2. The molecule has 0 bridgehead atoms. The molecule has 28 heavy (non-hydrogen) atoms. The summed E-state index contributed by atoms with van der Waals surface area (Å²) >= 11 is 1.33. The molecule has 7 heteroatoms. The van der Waals surface area contributed by atoms with Crippen molar-refractivity contribution in [2.45, 2.75) is 19.3 Å². The van der Waals surface area contributed by atoms with Crippen molar-refractivity contribution < 1.29 is 4.79 Å². The van der Waals surface area contributed by atoms with Crippen LogP contribution in [0.1, 0.15) is 28.9 Å². The molecule has 1 fully saturated rings. The highest BCUT2D eigenvalue weighted by molar-refractivity contribution is 7.21. The van der Waals surface area contributed by atoms with Gasteiger partial charge in [-0.15, -0.1) is 11.3 Å². The summed E-state index contributed by atoms with van der Waals surface area (Å²) in [5.41, 5.74) is 9.90. The Bertz CT molecular complexity index is 1200. The van der Waals surface area contributed by atoms with Gasteiger partial charge in [0.1, 0.15) is 15.2 Å². The molecule has 1 aromatic carbocycles. The Kier molecular flexibility index (Phi) is 4.16. The zero-order valence-corrected chi connectivity index (χ0v) is 16.1. The number of hydrogen-bond acceptors (Lipinski definition) is 6. The topological polar surface area (TPSA) is 85.0 Å². The van der Waals surface area contributed by atoms with Gasteiger partial charge >= 0.3 is 0 Å². The minimum atomic E-state index is -0.00143. The first kappa shape index (κ1) is 17.1. The molecule has 4 heterocycles. The van der Waals surface area contributed by atoms with Gasteiger partial charge in [0.05, 0.1) is 23.1 Å². The second-order valence-corrected chi connectivity index (χ2v) is 8.02. The number of rotatable bonds is 2. The second kappa shape index (κ2) is 6.83. The summed E-state index contributed by atoms with van der Waals surface area (Å²) < 4.78 is 0. The summed E-state index contributed by atoms with van der Waals surface area (Å²) in [7, 11) is 0. The van der Waals surface area contributed by atoms with Crippen molar-refractivity contribution in [1.82, 2.24) is 19.9 Å². The number of benzene rings is 1. The highest BCUT2D eigenvalue weighted by Crippen LogP contribution is 2.34. The molecular formula is C21H19N5OS. The first-order chi connectivity index (χ1) is 13.7. The Morgan fingerprint density at radius 2 is 1.96 bits per heavy atom. The summed E-state index contributed by atoms with van der Waals surface area (Å²) in [5.74, 6) is -0.00143. The number of nitrogens with two attached hydrogens (primary N) is 1. The lowest BCUT2D eigenvalue weighted by Crippen LogP contribution is -2.35. The van der Waals surface area contributed by atoms with E-state index in [1.807, 2.05) is 35.2 Å². The van der Waals surface area contributed by atoms with Gasteiger partial charge in [-0.05, 0) is 31.4 Å². The molecule has 6 nitrogen and oxygen atoms in total. The van der Waals surface area contributed by atoms with E-state index in [1.165, 1.54) is 17.8 Å². The van der Waals surface area contributed by atoms with Gasteiger partial charge in [0.15, 0.2) is 0 Å². The molecule has 1 amide bonds. The maximum atomic E-state index is 12.9. The molecule has 4 aromatic rings. The molecule has 0 atom stereocenters. The van der Waals surface area contributed by atoms with Crippen LogP contribution < -0.4 is 5.73 Å². The Morgan fingerprint density at radius 1 is 1.11 bits per heavy atom. The molecule has 3 aromatic heterocycles. The van der Waals surface area contributed by atoms with Crippen LogP contribution in [0.5, 0.6) is 0 Å². The number of piperidine rings is 1. The van der Waals surface area contributed by atoms with E-state index in [-0.39, 0.29) is 5.91 Å². The van der Waals surface area contributed by atoms with Gasteiger partial charge in [-0.25, -0.2) is 9.97 Å². The van der Waals surface area contributed by atoms with E-state index < -0.39 is 0 Å². The second-order valence-electron chi connectivity index (χ2n) is 7.02. The predicted octanol–water partition coefficient (Wildman–Crippen LogP) is 4.11. The fourth-order valence-electron chi connectivity index (χ4n) is 3.65. The van der Waals surface area contributed by atoms with Crippen LogP contribution in [0.25, 0.3) is 32.5 Å². The molecule has 2 N–H and O–H groups in total. The largest absolute Gasteiger partial charge is 0.396 e. The van der Waals surface area contributed by atoms with E-state index in [1.54, 1.807) is 12.4 Å². The van der Waals surface area contributed by atoms with E-state index in [0.29, 0.717) is 20.9 Å². The molecule has 1 saturated heterocycles. The third kappa shape index (κ3) is 2.88. The van der Waals surface area contributed by atoms with Gasteiger partial charge in [0, 0.05) is 30.2 Å². The van der Waals surface area contributed by atoms with Crippen LogP contribution in [0.15, 0.2) is 42.7 Å². The summed E-state index contributed by atoms with van der Waals surface area (Å²) in [4.78, 5) is 29.7. The van der Waals surface area contributed by atoms with Crippen molar-refractivity contribution in [3.63, 3.8) is 0 Å². The molecule has 0 spiro atoms. The average Bonchev–Trinajstić information content (AvgIpc) is 3.09. The number of carbonyl (C=O) groups is 1. The molecule has 0 radical (unpaired) electrons. The summed E-state index contributed by atoms with van der Waals surface area (Å²) in [6.07, 6.45) is 6.77. The lowest BCUT2D eigenvalue weighted by molar-refractivity contribution is 0.0730. The van der Waals surface area contributed by atoms with Gasteiger partial charge in [-0.1, -0.05) is 18.2 Å². The van der Waals surface area contributed by atoms with E-state index in [4.69, 9.17) is 10.7 Å². The summed E-state index contributed by atoms with van der Waals surface area (Å²) in [6, 6.07) is 9.98. The predicted molar refractivity (Wildman–Crippen MR) is 112 cm³/mol. The minimum absolute atomic E-state index is 0.00143. The zero-order valence-electron chi connectivity index (χ0n) is 15.3. The van der Waals surface area contributed by atoms with Crippen LogP contribution in [0.4, 0.5) is 5.69 Å². The molecule has 0 unspecified atom stereocenters.